The molecule has 5 heteroatoms. The van der Waals surface area contributed by atoms with Gasteiger partial charge in [-0.2, -0.15) is 0 Å². The van der Waals surface area contributed by atoms with Gasteiger partial charge in [-0.1, -0.05) is 20.8 Å². The van der Waals surface area contributed by atoms with Crippen molar-refractivity contribution in [1.29, 1.82) is 0 Å². The summed E-state index contributed by atoms with van der Waals surface area (Å²) >= 11 is 0. The summed E-state index contributed by atoms with van der Waals surface area (Å²) < 4.78 is 0. The smallest absolute Gasteiger partial charge is 0.225 e. The highest BCUT2D eigenvalue weighted by molar-refractivity contribution is 5.81. The van der Waals surface area contributed by atoms with Gasteiger partial charge in [-0.25, -0.2) is 0 Å². The van der Waals surface area contributed by atoms with E-state index < -0.39 is 0 Å². The van der Waals surface area contributed by atoms with E-state index >= 15 is 0 Å². The van der Waals surface area contributed by atoms with Gasteiger partial charge in [-0.3, -0.25) is 9.69 Å². The molecular weight excluding hydrogens is 278 g/mol. The number of hydrogen-bond acceptors (Lipinski definition) is 4. The van der Waals surface area contributed by atoms with Crippen molar-refractivity contribution >= 4 is 5.91 Å². The molecule has 4 N–H and O–H groups in total. The Morgan fingerprint density at radius 3 is 2.59 bits per heavy atom. The minimum absolute atomic E-state index is 0.105. The zero-order chi connectivity index (χ0) is 16.3. The Hall–Kier alpha value is -0.650. The number of aliphatic hydroxyl groups excluding tert-OH is 1. The van der Waals surface area contributed by atoms with Crippen molar-refractivity contribution in [2.45, 2.75) is 58.6 Å². The lowest BCUT2D eigenvalue weighted by Crippen LogP contribution is -2.54. The molecule has 1 saturated carbocycles. The Morgan fingerprint density at radius 1 is 1.36 bits per heavy atom. The van der Waals surface area contributed by atoms with Gasteiger partial charge in [-0.15, -0.1) is 0 Å². The van der Waals surface area contributed by atoms with Crippen LogP contribution in [0, 0.1) is 17.3 Å². The van der Waals surface area contributed by atoms with Crippen molar-refractivity contribution in [2.24, 2.45) is 23.0 Å². The lowest BCUT2D eigenvalue weighted by molar-refractivity contribution is -0.129. The number of piperidine rings is 1. The topological polar surface area (TPSA) is 78.6 Å². The quantitative estimate of drug-likeness (QED) is 0.683. The molecule has 0 aromatic rings. The number of amides is 1. The number of aliphatic hydroxyl groups is 1. The molecule has 2 fully saturated rings. The third-order valence-electron chi connectivity index (χ3n) is 4.82. The van der Waals surface area contributed by atoms with Crippen LogP contribution in [-0.2, 0) is 4.79 Å². The molecule has 0 aromatic carbocycles. The number of carbonyl (C=O) groups is 1. The van der Waals surface area contributed by atoms with Crippen LogP contribution < -0.4 is 11.1 Å². The van der Waals surface area contributed by atoms with Gasteiger partial charge in [0.2, 0.25) is 5.91 Å². The summed E-state index contributed by atoms with van der Waals surface area (Å²) in [5, 5.41) is 13.4. The number of rotatable bonds is 6. The van der Waals surface area contributed by atoms with Gasteiger partial charge in [0.15, 0.2) is 0 Å². The molecule has 0 bridgehead atoms. The molecule has 1 heterocycles. The minimum Gasteiger partial charge on any atom is -0.393 e. The van der Waals surface area contributed by atoms with Crippen LogP contribution >= 0.6 is 0 Å². The highest BCUT2D eigenvalue weighted by atomic mass is 16.3. The van der Waals surface area contributed by atoms with Crippen LogP contribution in [0.4, 0.5) is 0 Å². The second kappa shape index (κ2) is 7.28. The van der Waals surface area contributed by atoms with Gasteiger partial charge < -0.3 is 16.2 Å². The minimum atomic E-state index is -0.362. The van der Waals surface area contributed by atoms with E-state index in [-0.39, 0.29) is 23.5 Å². The Kier molecular flexibility index (Phi) is 5.86. The molecule has 3 atom stereocenters. The predicted octanol–water partition coefficient (Wildman–Crippen LogP) is 0.959. The molecule has 1 saturated heterocycles. The molecule has 3 unspecified atom stereocenters. The van der Waals surface area contributed by atoms with E-state index in [4.69, 9.17) is 5.73 Å². The molecule has 1 amide bonds. The first-order valence-electron chi connectivity index (χ1n) is 8.71. The van der Waals surface area contributed by atoms with Crippen LogP contribution in [0.1, 0.15) is 46.5 Å². The fourth-order valence-electron chi connectivity index (χ4n) is 3.36. The van der Waals surface area contributed by atoms with Crippen LogP contribution in [0.2, 0.25) is 0 Å². The number of likely N-dealkylation sites (tertiary alicyclic amines) is 1. The maximum Gasteiger partial charge on any atom is 0.225 e. The van der Waals surface area contributed by atoms with Gasteiger partial charge in [0.25, 0.3) is 0 Å². The Bertz CT molecular complexity index is 377. The van der Waals surface area contributed by atoms with Crippen LogP contribution in [0.15, 0.2) is 0 Å². The Balaban J connectivity index is 1.91. The highest BCUT2D eigenvalue weighted by Crippen LogP contribution is 2.36. The normalized spacial score (nSPS) is 28.4. The van der Waals surface area contributed by atoms with E-state index in [0.717, 1.165) is 32.5 Å². The Labute approximate surface area is 134 Å². The van der Waals surface area contributed by atoms with E-state index in [9.17, 15) is 9.90 Å². The molecule has 128 valence electrons. The summed E-state index contributed by atoms with van der Waals surface area (Å²) in [6.45, 7) is 9.18. The number of carbonyl (C=O) groups excluding carboxylic acids is 1. The molecular formula is C17H33N3O2. The first-order valence-corrected chi connectivity index (χ1v) is 8.71. The van der Waals surface area contributed by atoms with Crippen molar-refractivity contribution in [1.82, 2.24) is 10.2 Å². The van der Waals surface area contributed by atoms with Crippen LogP contribution in [0.3, 0.4) is 0 Å². The molecule has 1 aliphatic heterocycles. The van der Waals surface area contributed by atoms with Crippen LogP contribution in [0.25, 0.3) is 0 Å². The SMILES string of the molecule is CC(C)(C)C(=O)NC1CC(CC(O)C2CC2)CN(CCN)C1. The van der Waals surface area contributed by atoms with E-state index in [1.165, 1.54) is 12.8 Å². The predicted molar refractivity (Wildman–Crippen MR) is 88.3 cm³/mol. The summed E-state index contributed by atoms with van der Waals surface area (Å²) in [4.78, 5) is 14.6. The number of nitrogens with one attached hydrogen (secondary N) is 1. The zero-order valence-corrected chi connectivity index (χ0v) is 14.3. The van der Waals surface area contributed by atoms with Gasteiger partial charge in [0.1, 0.15) is 0 Å². The maximum atomic E-state index is 12.2. The molecule has 22 heavy (non-hydrogen) atoms. The third kappa shape index (κ3) is 5.21. The van der Waals surface area contributed by atoms with Crippen LogP contribution in [0.5, 0.6) is 0 Å². The molecule has 2 aliphatic rings. The number of hydrogen-bond donors (Lipinski definition) is 3. The summed E-state index contributed by atoms with van der Waals surface area (Å²) in [6.07, 6.45) is 4.00. The summed E-state index contributed by atoms with van der Waals surface area (Å²) in [7, 11) is 0. The van der Waals surface area contributed by atoms with Gasteiger partial charge >= 0.3 is 0 Å². The molecule has 1 aliphatic carbocycles. The van der Waals surface area contributed by atoms with Gasteiger partial charge in [0, 0.05) is 37.6 Å². The lowest BCUT2D eigenvalue weighted by atomic mass is 9.87. The number of nitrogens with two attached hydrogens (primary N) is 1. The monoisotopic (exact) mass is 311 g/mol. The van der Waals surface area contributed by atoms with E-state index in [1.54, 1.807) is 0 Å². The first-order chi connectivity index (χ1) is 10.3. The number of nitrogens with zero attached hydrogens (tertiary/aromatic N) is 1. The van der Waals surface area contributed by atoms with Crippen molar-refractivity contribution in [3.8, 4) is 0 Å². The average molecular weight is 311 g/mol. The second-order valence-electron chi connectivity index (χ2n) is 8.21. The summed E-state index contributed by atoms with van der Waals surface area (Å²) in [6, 6.07) is 0.170. The first kappa shape index (κ1) is 17.7. The van der Waals surface area contributed by atoms with Crippen LogP contribution in [-0.4, -0.2) is 54.2 Å². The third-order valence-corrected chi connectivity index (χ3v) is 4.82. The fourth-order valence-corrected chi connectivity index (χ4v) is 3.36. The second-order valence-corrected chi connectivity index (χ2v) is 8.21. The van der Waals surface area contributed by atoms with E-state index in [2.05, 4.69) is 10.2 Å². The zero-order valence-electron chi connectivity index (χ0n) is 14.3. The Morgan fingerprint density at radius 2 is 2.05 bits per heavy atom. The fraction of sp³-hybridized carbons (Fsp3) is 0.941. The lowest BCUT2D eigenvalue weighted by Gasteiger charge is -2.39. The van der Waals surface area contributed by atoms with Crippen molar-refractivity contribution in [3.63, 3.8) is 0 Å². The summed E-state index contributed by atoms with van der Waals surface area (Å²) in [5.41, 5.74) is 5.34. The van der Waals surface area contributed by atoms with E-state index in [1.807, 2.05) is 20.8 Å². The van der Waals surface area contributed by atoms with Crippen molar-refractivity contribution in [3.05, 3.63) is 0 Å². The van der Waals surface area contributed by atoms with Gasteiger partial charge in [0.05, 0.1) is 6.10 Å². The van der Waals surface area contributed by atoms with E-state index in [0.29, 0.717) is 18.4 Å². The molecule has 0 aromatic heterocycles. The standard InChI is InChI=1S/C17H33N3O2/c1-17(2,3)16(22)19-14-8-12(9-15(21)13-4-5-13)10-20(11-14)7-6-18/h12-15,21H,4-11,18H2,1-3H3,(H,19,22). The molecule has 0 radical (unpaired) electrons. The average Bonchev–Trinajstić information content (AvgIpc) is 3.21. The maximum absolute atomic E-state index is 12.2. The van der Waals surface area contributed by atoms with Crippen molar-refractivity contribution in [2.75, 3.05) is 26.2 Å². The van der Waals surface area contributed by atoms with Crippen molar-refractivity contribution < 1.29 is 9.90 Å². The summed E-state index contributed by atoms with van der Waals surface area (Å²) in [5.74, 6) is 1.07. The molecule has 0 spiro atoms. The molecule has 2 rings (SSSR count). The molecule has 5 nitrogen and oxygen atoms in total. The highest BCUT2D eigenvalue weighted by Gasteiger charge is 2.35. The largest absolute Gasteiger partial charge is 0.393 e. The van der Waals surface area contributed by atoms with Gasteiger partial charge in [-0.05, 0) is 37.5 Å².